The number of aromatic nitrogens is 4. The molecule has 0 radical (unpaired) electrons. The molecule has 19 heteroatoms. The molecule has 0 spiro atoms. The number of carbonyl (C=O) groups excluding carboxylic acids is 3. The number of hydrogen-bond donors (Lipinski definition) is 6. The fourth-order valence-electron chi connectivity index (χ4n) is 8.30. The molecule has 4 aromatic heterocycles. The molecule has 2 unspecified atom stereocenters. The van der Waals surface area contributed by atoms with Crippen LogP contribution < -0.4 is 10.5 Å². The molecule has 4 heterocycles. The molecule has 7 aromatic rings. The van der Waals surface area contributed by atoms with Gasteiger partial charge in [0.05, 0.1) is 41.5 Å². The quantitative estimate of drug-likeness (QED) is 0.0458. The zero-order valence-electron chi connectivity index (χ0n) is 45.4. The highest BCUT2D eigenvalue weighted by Gasteiger charge is 2.30. The molecule has 19 nitrogen and oxygen atoms in total. The van der Waals surface area contributed by atoms with Crippen molar-refractivity contribution in [1.82, 2.24) is 28.6 Å². The van der Waals surface area contributed by atoms with Crippen molar-refractivity contribution in [2.45, 2.75) is 91.3 Å². The summed E-state index contributed by atoms with van der Waals surface area (Å²) in [7, 11) is 7.12. The third-order valence-corrected chi connectivity index (χ3v) is 13.1. The van der Waals surface area contributed by atoms with E-state index in [0.29, 0.717) is 37.5 Å². The summed E-state index contributed by atoms with van der Waals surface area (Å²) >= 11 is 0. The number of pyridine rings is 2. The van der Waals surface area contributed by atoms with Crippen molar-refractivity contribution in [3.05, 3.63) is 149 Å². The minimum Gasteiger partial charge on any atom is -0.481 e. The number of aliphatic carboxylic acids is 3. The van der Waals surface area contributed by atoms with E-state index in [1.54, 1.807) is 62.3 Å². The van der Waals surface area contributed by atoms with E-state index in [9.17, 15) is 28.8 Å². The Morgan fingerprint density at radius 1 is 0.590 bits per heavy atom. The number of nitrogens with zero attached hydrogens (tertiary/aromatic N) is 6. The first-order chi connectivity index (χ1) is 36.9. The minimum absolute atomic E-state index is 0.0329. The number of aliphatic hydroxyl groups is 2. The average molecular weight is 1070 g/mol. The molecular formula is C59H71N7O12. The number of benzene rings is 3. The third-order valence-electron chi connectivity index (χ3n) is 13.1. The molecule has 0 bridgehead atoms. The first kappa shape index (κ1) is 60.6. The number of carboxylic acids is 3. The van der Waals surface area contributed by atoms with Gasteiger partial charge >= 0.3 is 23.9 Å². The third kappa shape index (κ3) is 17.1. The summed E-state index contributed by atoms with van der Waals surface area (Å²) in [5.41, 5.74) is 18.7. The standard InChI is InChI=1S/2C19H21N3O.C17H23NO4.C4H6O6/c2*1-13-5-8-15(9-6-13)19-16(11-18(23)21(3)4)22-12-14(2)7-10-17(22)20-19;18-11-13-1-6-14(7-2-13)17(21)22-15-8-3-12(4-9-15)5-10-16(19)20;5-1(3(7)8)2(6)4(9)10/h2*5-10,12H,11H2,1-4H3;3-4,8-9,13-14H,1-2,5-7,10-11,18H2,(H,19,20);1-2,5-6H,(H,7,8)(H,9,10). The van der Waals surface area contributed by atoms with Gasteiger partial charge in [0.25, 0.3) is 0 Å². The summed E-state index contributed by atoms with van der Waals surface area (Å²) in [6.45, 7) is 8.91. The highest BCUT2D eigenvalue weighted by atomic mass is 16.5. The van der Waals surface area contributed by atoms with E-state index >= 15 is 0 Å². The van der Waals surface area contributed by atoms with Crippen molar-refractivity contribution in [3.8, 4) is 28.3 Å². The summed E-state index contributed by atoms with van der Waals surface area (Å²) in [6.07, 6.45) is 4.47. The number of nitrogens with two attached hydrogens (primary N) is 1. The molecule has 2 amide bonds. The molecule has 1 fully saturated rings. The Kier molecular flexibility index (Phi) is 21.9. The number of hydrogen-bond acceptors (Lipinski definition) is 12. The topological polar surface area (TPSA) is 280 Å². The van der Waals surface area contributed by atoms with Gasteiger partial charge in [-0.1, -0.05) is 83.9 Å². The van der Waals surface area contributed by atoms with Crippen LogP contribution in [-0.2, 0) is 48.0 Å². The lowest BCUT2D eigenvalue weighted by atomic mass is 9.82. The van der Waals surface area contributed by atoms with E-state index in [2.05, 4.69) is 62.4 Å². The van der Waals surface area contributed by atoms with E-state index in [0.717, 1.165) is 87.6 Å². The van der Waals surface area contributed by atoms with Gasteiger partial charge in [0.2, 0.25) is 11.8 Å². The lowest BCUT2D eigenvalue weighted by Gasteiger charge is -2.26. The second kappa shape index (κ2) is 28.2. The highest BCUT2D eigenvalue weighted by molar-refractivity contribution is 5.84. The van der Waals surface area contributed by atoms with E-state index in [1.165, 1.54) is 11.1 Å². The second-order valence-corrected chi connectivity index (χ2v) is 19.8. The number of aryl methyl sites for hydroxylation is 5. The van der Waals surface area contributed by atoms with Crippen LogP contribution in [0.3, 0.4) is 0 Å². The molecule has 8 rings (SSSR count). The van der Waals surface area contributed by atoms with Crippen LogP contribution in [0.25, 0.3) is 33.8 Å². The van der Waals surface area contributed by atoms with Gasteiger partial charge < -0.3 is 54.6 Å². The SMILES string of the molecule is Cc1ccc(-c2nc3ccc(C)cn3c2CC(=O)N(C)C)cc1.Cc1ccc(-c2nc3ccc(C)cn3c2CC(=O)N(C)C)cc1.NCC1CCC(C(=O)Oc2ccc(CCC(=O)O)cc2)CC1.O=C(O)C(O)C(O)C(=O)O. The molecule has 1 aliphatic rings. The van der Waals surface area contributed by atoms with Crippen molar-refractivity contribution >= 4 is 47.0 Å². The van der Waals surface area contributed by atoms with Gasteiger partial charge in [0.1, 0.15) is 17.0 Å². The summed E-state index contributed by atoms with van der Waals surface area (Å²) < 4.78 is 9.48. The second-order valence-electron chi connectivity index (χ2n) is 19.8. The maximum absolute atomic E-state index is 12.3. The molecule has 1 saturated carbocycles. The number of esters is 1. The Balaban J connectivity index is 0.000000198. The Labute approximate surface area is 453 Å². The fourth-order valence-corrected chi connectivity index (χ4v) is 8.30. The average Bonchev–Trinajstić information content (AvgIpc) is 3.97. The highest BCUT2D eigenvalue weighted by Crippen LogP contribution is 2.31. The zero-order valence-corrected chi connectivity index (χ0v) is 45.4. The van der Waals surface area contributed by atoms with E-state index in [4.69, 9.17) is 46.0 Å². The van der Waals surface area contributed by atoms with Crippen LogP contribution in [0.2, 0.25) is 0 Å². The van der Waals surface area contributed by atoms with Crippen molar-refractivity contribution < 1.29 is 59.0 Å². The number of rotatable bonds is 15. The van der Waals surface area contributed by atoms with Crippen molar-refractivity contribution in [1.29, 1.82) is 0 Å². The molecule has 78 heavy (non-hydrogen) atoms. The van der Waals surface area contributed by atoms with Crippen molar-refractivity contribution in [2.75, 3.05) is 34.7 Å². The number of imidazole rings is 2. The Morgan fingerprint density at radius 3 is 1.35 bits per heavy atom. The molecule has 3 aromatic carbocycles. The smallest absolute Gasteiger partial charge is 0.335 e. The molecule has 2 atom stereocenters. The summed E-state index contributed by atoms with van der Waals surface area (Å²) in [5.74, 6) is -3.36. The maximum atomic E-state index is 12.3. The number of ether oxygens (including phenoxy) is 1. The van der Waals surface area contributed by atoms with Crippen molar-refractivity contribution in [2.24, 2.45) is 17.6 Å². The van der Waals surface area contributed by atoms with Gasteiger partial charge in [-0.15, -0.1) is 0 Å². The summed E-state index contributed by atoms with van der Waals surface area (Å²) in [6, 6.07) is 31.7. The number of carbonyl (C=O) groups is 6. The first-order valence-corrected chi connectivity index (χ1v) is 25.5. The van der Waals surface area contributed by atoms with Crippen LogP contribution >= 0.6 is 0 Å². The number of amides is 2. The van der Waals surface area contributed by atoms with Crippen LogP contribution in [0.1, 0.15) is 71.3 Å². The first-order valence-electron chi connectivity index (χ1n) is 25.5. The van der Waals surface area contributed by atoms with Crippen LogP contribution in [0.4, 0.5) is 0 Å². The minimum atomic E-state index is -2.27. The Bertz CT molecular complexity index is 3010. The maximum Gasteiger partial charge on any atom is 0.335 e. The normalized spacial score (nSPS) is 14.5. The molecular weight excluding hydrogens is 999 g/mol. The van der Waals surface area contributed by atoms with Crippen LogP contribution in [0, 0.1) is 39.5 Å². The van der Waals surface area contributed by atoms with E-state index < -0.39 is 30.1 Å². The lowest BCUT2D eigenvalue weighted by molar-refractivity contribution is -0.165. The molecule has 7 N–H and O–H groups in total. The van der Waals surface area contributed by atoms with Gasteiger partial charge in [0.15, 0.2) is 12.2 Å². The monoisotopic (exact) mass is 1070 g/mol. The lowest BCUT2D eigenvalue weighted by Crippen LogP contribution is -2.39. The molecule has 1 aliphatic carbocycles. The van der Waals surface area contributed by atoms with Gasteiger partial charge in [-0.3, -0.25) is 19.2 Å². The van der Waals surface area contributed by atoms with Crippen molar-refractivity contribution in [3.63, 3.8) is 0 Å². The molecule has 0 aliphatic heterocycles. The van der Waals surface area contributed by atoms with Gasteiger partial charge in [-0.25, -0.2) is 19.6 Å². The molecule has 414 valence electrons. The molecule has 0 saturated heterocycles. The van der Waals surface area contributed by atoms with Gasteiger partial charge in [-0.05, 0) is 113 Å². The van der Waals surface area contributed by atoms with E-state index in [-0.39, 0.29) is 30.1 Å². The number of carboxylic acid groups (broad SMARTS) is 3. The largest absolute Gasteiger partial charge is 0.481 e. The van der Waals surface area contributed by atoms with Crippen LogP contribution in [0.5, 0.6) is 5.75 Å². The zero-order chi connectivity index (χ0) is 57.4. The number of aliphatic hydroxyl groups excluding tert-OH is 2. The van der Waals surface area contributed by atoms with E-state index in [1.807, 2.05) is 59.3 Å². The predicted octanol–water partition coefficient (Wildman–Crippen LogP) is 6.75. The van der Waals surface area contributed by atoms with Gasteiger partial charge in [-0.2, -0.15) is 0 Å². The van der Waals surface area contributed by atoms with Crippen LogP contribution in [-0.4, -0.2) is 137 Å². The summed E-state index contributed by atoms with van der Waals surface area (Å²) in [4.78, 5) is 79.5. The van der Waals surface area contributed by atoms with Gasteiger partial charge in [0, 0.05) is 58.1 Å². The Morgan fingerprint density at radius 2 is 0.987 bits per heavy atom. The summed E-state index contributed by atoms with van der Waals surface area (Å²) in [5, 5.41) is 41.2. The van der Waals surface area contributed by atoms with Crippen LogP contribution in [0.15, 0.2) is 109 Å². The number of fused-ring (bicyclic) bond motifs is 2. The number of likely N-dealkylation sites (N-methyl/N-ethyl adjacent to an activating group) is 2. The fraction of sp³-hybridized carbons (Fsp3) is 0.356. The Hall–Kier alpha value is -8.26. The predicted molar refractivity (Wildman–Crippen MR) is 295 cm³/mol.